The van der Waals surface area contributed by atoms with Gasteiger partial charge in [0.1, 0.15) is 0 Å². The first-order valence-electron chi connectivity index (χ1n) is 7.74. The number of halogens is 2. The molecule has 2 atom stereocenters. The van der Waals surface area contributed by atoms with Crippen molar-refractivity contribution in [3.8, 4) is 0 Å². The topological polar surface area (TPSA) is 91.8 Å². The van der Waals surface area contributed by atoms with E-state index in [0.717, 1.165) is 0 Å². The molecule has 2 unspecified atom stereocenters. The molecule has 138 valence electrons. The van der Waals surface area contributed by atoms with E-state index in [1.807, 2.05) is 6.92 Å². The van der Waals surface area contributed by atoms with Crippen LogP contribution in [0.3, 0.4) is 0 Å². The number of carbonyl (C=O) groups is 2. The first-order chi connectivity index (χ1) is 11.6. The Kier molecular flexibility index (Phi) is 5.76. The molecule has 1 N–H and O–H groups in total. The third-order valence-corrected chi connectivity index (χ3v) is 5.61. The SMILES string of the molecule is CC1CCC(C(=O)O)CN1C(=O)c1ccc(CS(=O)(=O)C(F)F)cc1. The number of nitrogens with zero attached hydrogens (tertiary/aromatic N) is 1. The molecule has 0 radical (unpaired) electrons. The van der Waals surface area contributed by atoms with Crippen LogP contribution in [0.15, 0.2) is 24.3 Å². The van der Waals surface area contributed by atoms with Crippen LogP contribution in [-0.2, 0) is 20.4 Å². The number of rotatable bonds is 5. The number of likely N-dealkylation sites (tertiary alicyclic amines) is 1. The number of carboxylic acid groups (broad SMARTS) is 1. The molecule has 1 amide bonds. The van der Waals surface area contributed by atoms with Gasteiger partial charge in [-0.25, -0.2) is 8.42 Å². The number of carboxylic acids is 1. The van der Waals surface area contributed by atoms with E-state index in [4.69, 9.17) is 5.11 Å². The fourth-order valence-corrected chi connectivity index (χ4v) is 3.58. The molecular weight excluding hydrogens is 356 g/mol. The third kappa shape index (κ3) is 4.53. The molecule has 1 aliphatic rings. The van der Waals surface area contributed by atoms with Crippen LogP contribution in [0.25, 0.3) is 0 Å². The second-order valence-corrected chi connectivity index (χ2v) is 8.15. The molecule has 1 heterocycles. The van der Waals surface area contributed by atoms with Crippen molar-refractivity contribution in [3.63, 3.8) is 0 Å². The summed E-state index contributed by atoms with van der Waals surface area (Å²) in [7, 11) is -4.52. The lowest BCUT2D eigenvalue weighted by Gasteiger charge is -2.36. The normalized spacial score (nSPS) is 21.4. The fourth-order valence-electron chi connectivity index (χ4n) is 2.80. The Morgan fingerprint density at radius 1 is 1.24 bits per heavy atom. The van der Waals surface area contributed by atoms with E-state index in [9.17, 15) is 26.8 Å². The highest BCUT2D eigenvalue weighted by Crippen LogP contribution is 2.24. The molecule has 1 aliphatic heterocycles. The first kappa shape index (κ1) is 19.3. The predicted octanol–water partition coefficient (Wildman–Crippen LogP) is 2.15. The number of piperidine rings is 1. The highest BCUT2D eigenvalue weighted by molar-refractivity contribution is 7.90. The van der Waals surface area contributed by atoms with Crippen molar-refractivity contribution in [2.75, 3.05) is 6.54 Å². The van der Waals surface area contributed by atoms with Crippen LogP contribution in [0.5, 0.6) is 0 Å². The fraction of sp³-hybridized carbons (Fsp3) is 0.500. The van der Waals surface area contributed by atoms with Crippen LogP contribution in [0.1, 0.15) is 35.7 Å². The number of hydrogen-bond donors (Lipinski definition) is 1. The molecule has 1 fully saturated rings. The summed E-state index contributed by atoms with van der Waals surface area (Å²) >= 11 is 0. The van der Waals surface area contributed by atoms with Crippen LogP contribution in [0.4, 0.5) is 8.78 Å². The predicted molar refractivity (Wildman–Crippen MR) is 85.9 cm³/mol. The summed E-state index contributed by atoms with van der Waals surface area (Å²) < 4.78 is 47.2. The molecule has 0 aromatic heterocycles. The van der Waals surface area contributed by atoms with E-state index in [0.29, 0.717) is 12.8 Å². The van der Waals surface area contributed by atoms with Crippen molar-refractivity contribution in [2.45, 2.75) is 37.3 Å². The van der Waals surface area contributed by atoms with Crippen molar-refractivity contribution in [1.82, 2.24) is 4.90 Å². The van der Waals surface area contributed by atoms with Crippen molar-refractivity contribution >= 4 is 21.7 Å². The third-order valence-electron chi connectivity index (χ3n) is 4.33. The Hall–Kier alpha value is -2.03. The van der Waals surface area contributed by atoms with Gasteiger partial charge in [0.25, 0.3) is 5.91 Å². The molecule has 1 aromatic rings. The van der Waals surface area contributed by atoms with E-state index in [1.165, 1.54) is 29.2 Å². The number of carbonyl (C=O) groups excluding carboxylic acids is 1. The summed E-state index contributed by atoms with van der Waals surface area (Å²) in [5.41, 5.74) is 0.419. The van der Waals surface area contributed by atoms with Crippen LogP contribution in [0.2, 0.25) is 0 Å². The van der Waals surface area contributed by atoms with E-state index >= 15 is 0 Å². The average molecular weight is 375 g/mol. The summed E-state index contributed by atoms with van der Waals surface area (Å²) in [6, 6.07) is 5.26. The second kappa shape index (κ2) is 7.47. The number of sulfone groups is 1. The van der Waals surface area contributed by atoms with Crippen LogP contribution in [0, 0.1) is 5.92 Å². The maximum absolute atomic E-state index is 12.6. The standard InChI is InChI=1S/C16H19F2NO5S/c1-10-2-5-13(15(21)22)8-19(10)14(20)12-6-3-11(4-7-12)9-25(23,24)16(17)18/h3-4,6-7,10,13,16H,2,5,8-9H2,1H3,(H,21,22). The number of amides is 1. The molecule has 25 heavy (non-hydrogen) atoms. The van der Waals surface area contributed by atoms with Gasteiger partial charge >= 0.3 is 11.7 Å². The first-order valence-corrected chi connectivity index (χ1v) is 9.46. The zero-order valence-corrected chi connectivity index (χ0v) is 14.4. The van der Waals surface area contributed by atoms with Gasteiger partial charge in [-0.3, -0.25) is 9.59 Å². The van der Waals surface area contributed by atoms with Crippen molar-refractivity contribution in [3.05, 3.63) is 35.4 Å². The summed E-state index contributed by atoms with van der Waals surface area (Å²) in [6.07, 6.45) is 1.08. The Balaban J connectivity index is 2.13. The van der Waals surface area contributed by atoms with Gasteiger partial charge in [0, 0.05) is 18.2 Å². The lowest BCUT2D eigenvalue weighted by Crippen LogP contribution is -2.47. The van der Waals surface area contributed by atoms with Crippen molar-refractivity contribution < 1.29 is 31.9 Å². The van der Waals surface area contributed by atoms with Gasteiger partial charge in [-0.2, -0.15) is 8.78 Å². The summed E-state index contributed by atoms with van der Waals surface area (Å²) in [5, 5.41) is 9.13. The molecular formula is C16H19F2NO5S. The highest BCUT2D eigenvalue weighted by atomic mass is 32.2. The molecule has 0 bridgehead atoms. The lowest BCUT2D eigenvalue weighted by atomic mass is 9.93. The van der Waals surface area contributed by atoms with Crippen LogP contribution >= 0.6 is 0 Å². The van der Waals surface area contributed by atoms with Gasteiger partial charge in [0.2, 0.25) is 9.84 Å². The zero-order valence-electron chi connectivity index (χ0n) is 13.6. The molecule has 0 saturated carbocycles. The summed E-state index contributed by atoms with van der Waals surface area (Å²) in [6.45, 7) is 1.94. The van der Waals surface area contributed by atoms with Crippen molar-refractivity contribution in [1.29, 1.82) is 0 Å². The Morgan fingerprint density at radius 3 is 2.36 bits per heavy atom. The molecule has 0 aliphatic carbocycles. The van der Waals surface area contributed by atoms with Gasteiger partial charge in [-0.15, -0.1) is 0 Å². The zero-order chi connectivity index (χ0) is 18.8. The van der Waals surface area contributed by atoms with E-state index in [1.54, 1.807) is 0 Å². The number of alkyl halides is 2. The summed E-state index contributed by atoms with van der Waals surface area (Å²) in [5.74, 6) is -6.18. The number of aliphatic carboxylic acids is 1. The Bertz CT molecular complexity index is 748. The van der Waals surface area contributed by atoms with Gasteiger partial charge in [0.05, 0.1) is 11.7 Å². The van der Waals surface area contributed by atoms with E-state index < -0.39 is 33.2 Å². The molecule has 6 nitrogen and oxygen atoms in total. The molecule has 0 spiro atoms. The number of hydrogen-bond acceptors (Lipinski definition) is 4. The Morgan fingerprint density at radius 2 is 1.84 bits per heavy atom. The maximum atomic E-state index is 12.6. The van der Waals surface area contributed by atoms with E-state index in [2.05, 4.69) is 0 Å². The van der Waals surface area contributed by atoms with Gasteiger partial charge in [-0.05, 0) is 37.5 Å². The Labute approximate surface area is 144 Å². The molecule has 1 aromatic carbocycles. The summed E-state index contributed by atoms with van der Waals surface area (Å²) in [4.78, 5) is 25.2. The minimum Gasteiger partial charge on any atom is -0.481 e. The molecule has 1 saturated heterocycles. The average Bonchev–Trinajstić information content (AvgIpc) is 2.54. The van der Waals surface area contributed by atoms with Crippen molar-refractivity contribution in [2.24, 2.45) is 5.92 Å². The largest absolute Gasteiger partial charge is 0.481 e. The second-order valence-electron chi connectivity index (χ2n) is 6.18. The minimum atomic E-state index is -4.52. The lowest BCUT2D eigenvalue weighted by molar-refractivity contribution is -0.143. The van der Waals surface area contributed by atoms with E-state index in [-0.39, 0.29) is 29.6 Å². The minimum absolute atomic E-state index is 0.108. The smallest absolute Gasteiger partial charge is 0.337 e. The van der Waals surface area contributed by atoms with Crippen LogP contribution < -0.4 is 0 Å². The van der Waals surface area contributed by atoms with Gasteiger partial charge in [0.15, 0.2) is 0 Å². The molecule has 9 heteroatoms. The highest BCUT2D eigenvalue weighted by Gasteiger charge is 2.33. The number of benzene rings is 1. The molecule has 2 rings (SSSR count). The monoisotopic (exact) mass is 375 g/mol. The van der Waals surface area contributed by atoms with Gasteiger partial charge < -0.3 is 10.0 Å². The van der Waals surface area contributed by atoms with Gasteiger partial charge in [-0.1, -0.05) is 12.1 Å². The maximum Gasteiger partial charge on any atom is 0.337 e. The van der Waals surface area contributed by atoms with Crippen LogP contribution in [-0.4, -0.2) is 48.6 Å². The quantitative estimate of drug-likeness (QED) is 0.851.